The van der Waals surface area contributed by atoms with Crippen LogP contribution in [0.25, 0.3) is 11.3 Å². The molecule has 0 saturated carbocycles. The van der Waals surface area contributed by atoms with Gasteiger partial charge in [0, 0.05) is 37.5 Å². The standard InChI is InChI=1S/C25H28N8O2S/c1-15-22(16(2)32(3)31-15)28-23(34)20-14-36-24(26-20)18-9-11-33(12-10-18)25(35)27-21-13-19(29-30-21)17-7-5-4-6-8-17/h4-8,13-14,18H,9-12H2,1-3H3,(H,28,34)(H2,27,29,30,35). The Morgan fingerprint density at radius 1 is 1.11 bits per heavy atom. The first-order valence-corrected chi connectivity index (χ1v) is 12.7. The van der Waals surface area contributed by atoms with Gasteiger partial charge in [-0.05, 0) is 32.3 Å². The Kier molecular flexibility index (Phi) is 6.55. The largest absolute Gasteiger partial charge is 0.324 e. The van der Waals surface area contributed by atoms with E-state index in [0.29, 0.717) is 24.6 Å². The molecule has 0 radical (unpaired) electrons. The predicted molar refractivity (Wildman–Crippen MR) is 139 cm³/mol. The molecular weight excluding hydrogens is 476 g/mol. The van der Waals surface area contributed by atoms with Gasteiger partial charge in [0.2, 0.25) is 0 Å². The van der Waals surface area contributed by atoms with Gasteiger partial charge in [-0.15, -0.1) is 11.3 Å². The first kappa shape index (κ1) is 23.7. The topological polar surface area (TPSA) is 121 Å². The highest BCUT2D eigenvalue weighted by Crippen LogP contribution is 2.31. The van der Waals surface area contributed by atoms with Gasteiger partial charge in [-0.1, -0.05) is 30.3 Å². The van der Waals surface area contributed by atoms with Crippen molar-refractivity contribution >= 4 is 34.8 Å². The molecule has 1 saturated heterocycles. The first-order chi connectivity index (χ1) is 17.4. The molecule has 186 valence electrons. The van der Waals surface area contributed by atoms with Crippen LogP contribution >= 0.6 is 11.3 Å². The number of urea groups is 1. The molecule has 0 aliphatic carbocycles. The van der Waals surface area contributed by atoms with Crippen LogP contribution in [0.3, 0.4) is 0 Å². The van der Waals surface area contributed by atoms with Gasteiger partial charge in [-0.3, -0.25) is 19.9 Å². The molecule has 5 rings (SSSR count). The maximum absolute atomic E-state index is 12.8. The molecule has 0 atom stereocenters. The van der Waals surface area contributed by atoms with Gasteiger partial charge in [0.1, 0.15) is 5.69 Å². The fourth-order valence-electron chi connectivity index (χ4n) is 4.38. The Bertz CT molecular complexity index is 1380. The van der Waals surface area contributed by atoms with Crippen molar-refractivity contribution in [2.45, 2.75) is 32.6 Å². The molecule has 0 bridgehead atoms. The van der Waals surface area contributed by atoms with E-state index >= 15 is 0 Å². The van der Waals surface area contributed by atoms with E-state index in [0.717, 1.165) is 46.2 Å². The van der Waals surface area contributed by atoms with Gasteiger partial charge in [0.15, 0.2) is 5.82 Å². The number of hydrogen-bond donors (Lipinski definition) is 3. The van der Waals surface area contributed by atoms with Crippen LogP contribution in [0.15, 0.2) is 41.8 Å². The number of rotatable bonds is 5. The minimum Gasteiger partial charge on any atom is -0.324 e. The number of benzene rings is 1. The van der Waals surface area contributed by atoms with Crippen molar-refractivity contribution in [1.82, 2.24) is 29.9 Å². The molecule has 36 heavy (non-hydrogen) atoms. The predicted octanol–water partition coefficient (Wildman–Crippen LogP) is 4.55. The van der Waals surface area contributed by atoms with Crippen molar-refractivity contribution in [3.8, 4) is 11.3 Å². The number of hydrogen-bond acceptors (Lipinski definition) is 6. The summed E-state index contributed by atoms with van der Waals surface area (Å²) in [5.41, 5.74) is 4.66. The molecule has 3 aromatic heterocycles. The minimum absolute atomic E-state index is 0.166. The van der Waals surface area contributed by atoms with Gasteiger partial charge in [-0.2, -0.15) is 10.2 Å². The third-order valence-corrected chi connectivity index (χ3v) is 7.54. The summed E-state index contributed by atoms with van der Waals surface area (Å²) in [4.78, 5) is 31.9. The number of thiazole rings is 1. The second kappa shape index (κ2) is 9.94. The SMILES string of the molecule is Cc1nn(C)c(C)c1NC(=O)c1csc(C2CCN(C(=O)Nc3cc(-c4ccccc4)[nH]n3)CC2)n1. The van der Waals surface area contributed by atoms with E-state index in [1.807, 2.05) is 57.3 Å². The molecule has 1 aliphatic heterocycles. The summed E-state index contributed by atoms with van der Waals surface area (Å²) in [6, 6.07) is 11.5. The second-order valence-electron chi connectivity index (χ2n) is 8.92. The molecule has 4 heterocycles. The smallest absolute Gasteiger partial charge is 0.323 e. The lowest BCUT2D eigenvalue weighted by atomic mass is 9.98. The number of likely N-dealkylation sites (tertiary alicyclic amines) is 1. The molecular formula is C25H28N8O2S. The summed E-state index contributed by atoms with van der Waals surface area (Å²) >= 11 is 1.50. The molecule has 10 nitrogen and oxygen atoms in total. The second-order valence-corrected chi connectivity index (χ2v) is 9.81. The van der Waals surface area contributed by atoms with Gasteiger partial charge in [0.25, 0.3) is 5.91 Å². The fourth-order valence-corrected chi connectivity index (χ4v) is 5.35. The van der Waals surface area contributed by atoms with Crippen molar-refractivity contribution in [1.29, 1.82) is 0 Å². The van der Waals surface area contributed by atoms with Crippen LogP contribution < -0.4 is 10.6 Å². The number of piperidine rings is 1. The number of nitrogens with zero attached hydrogens (tertiary/aromatic N) is 5. The third-order valence-electron chi connectivity index (χ3n) is 6.53. The van der Waals surface area contributed by atoms with Gasteiger partial charge < -0.3 is 10.2 Å². The van der Waals surface area contributed by atoms with E-state index in [4.69, 9.17) is 0 Å². The van der Waals surface area contributed by atoms with Crippen molar-refractivity contribution < 1.29 is 9.59 Å². The van der Waals surface area contributed by atoms with Gasteiger partial charge in [-0.25, -0.2) is 9.78 Å². The zero-order chi connectivity index (χ0) is 25.2. The van der Waals surface area contributed by atoms with Crippen LogP contribution in [0.2, 0.25) is 0 Å². The van der Waals surface area contributed by atoms with E-state index in [2.05, 4.69) is 30.9 Å². The third kappa shape index (κ3) is 4.87. The molecule has 1 fully saturated rings. The van der Waals surface area contributed by atoms with Crippen LogP contribution in [0.5, 0.6) is 0 Å². The number of amides is 3. The molecule has 1 aliphatic rings. The van der Waals surface area contributed by atoms with E-state index < -0.39 is 0 Å². The first-order valence-electron chi connectivity index (χ1n) is 11.8. The number of aromatic nitrogens is 5. The summed E-state index contributed by atoms with van der Waals surface area (Å²) in [5.74, 6) is 0.482. The highest BCUT2D eigenvalue weighted by atomic mass is 32.1. The Morgan fingerprint density at radius 3 is 2.56 bits per heavy atom. The average molecular weight is 505 g/mol. The maximum Gasteiger partial charge on any atom is 0.323 e. The normalized spacial score (nSPS) is 14.1. The highest BCUT2D eigenvalue weighted by molar-refractivity contribution is 7.10. The lowest BCUT2D eigenvalue weighted by Crippen LogP contribution is -2.40. The highest BCUT2D eigenvalue weighted by Gasteiger charge is 2.27. The van der Waals surface area contributed by atoms with E-state index in [-0.39, 0.29) is 17.9 Å². The molecule has 1 aromatic carbocycles. The van der Waals surface area contributed by atoms with Crippen molar-refractivity contribution in [3.63, 3.8) is 0 Å². The maximum atomic E-state index is 12.8. The molecule has 4 aromatic rings. The number of nitrogens with one attached hydrogen (secondary N) is 3. The summed E-state index contributed by atoms with van der Waals surface area (Å²) in [5, 5.41) is 20.1. The number of carbonyl (C=O) groups is 2. The van der Waals surface area contributed by atoms with Crippen LogP contribution in [0.1, 0.15) is 45.6 Å². The number of aryl methyl sites for hydroxylation is 2. The van der Waals surface area contributed by atoms with Crippen molar-refractivity contribution in [3.05, 3.63) is 63.9 Å². The quantitative estimate of drug-likeness (QED) is 0.368. The van der Waals surface area contributed by atoms with Crippen LogP contribution in [0.4, 0.5) is 16.3 Å². The number of aromatic amines is 1. The van der Waals surface area contributed by atoms with Crippen molar-refractivity contribution in [2.75, 3.05) is 23.7 Å². The van der Waals surface area contributed by atoms with E-state index in [1.165, 1.54) is 11.3 Å². The molecule has 0 unspecified atom stereocenters. The number of anilines is 2. The summed E-state index contributed by atoms with van der Waals surface area (Å²) in [6.07, 6.45) is 1.58. The average Bonchev–Trinajstić information content (AvgIpc) is 3.62. The lowest BCUT2D eigenvalue weighted by Gasteiger charge is -2.30. The molecule has 11 heteroatoms. The molecule has 3 N–H and O–H groups in total. The monoisotopic (exact) mass is 504 g/mol. The molecule has 0 spiro atoms. The van der Waals surface area contributed by atoms with Crippen LogP contribution in [0, 0.1) is 13.8 Å². The Labute approximate surface area is 212 Å². The lowest BCUT2D eigenvalue weighted by molar-refractivity contribution is 0.102. The van der Waals surface area contributed by atoms with Gasteiger partial charge >= 0.3 is 6.03 Å². The minimum atomic E-state index is -0.234. The zero-order valence-electron chi connectivity index (χ0n) is 20.4. The Hall–Kier alpha value is -3.99. The molecule has 3 amide bonds. The van der Waals surface area contributed by atoms with Crippen molar-refractivity contribution in [2.24, 2.45) is 7.05 Å². The number of carbonyl (C=O) groups excluding carboxylic acids is 2. The van der Waals surface area contributed by atoms with Crippen LogP contribution in [-0.2, 0) is 7.05 Å². The Balaban J connectivity index is 1.15. The summed E-state index contributed by atoms with van der Waals surface area (Å²) < 4.78 is 1.75. The van der Waals surface area contributed by atoms with E-state index in [1.54, 1.807) is 15.0 Å². The Morgan fingerprint density at radius 2 is 1.86 bits per heavy atom. The number of H-pyrrole nitrogens is 1. The van der Waals surface area contributed by atoms with Gasteiger partial charge in [0.05, 0.1) is 27.8 Å². The summed E-state index contributed by atoms with van der Waals surface area (Å²) in [7, 11) is 1.85. The summed E-state index contributed by atoms with van der Waals surface area (Å²) in [6.45, 7) is 5.01. The van der Waals surface area contributed by atoms with E-state index in [9.17, 15) is 9.59 Å². The zero-order valence-corrected chi connectivity index (χ0v) is 21.2. The fraction of sp³-hybridized carbons (Fsp3) is 0.320. The van der Waals surface area contributed by atoms with Crippen LogP contribution in [-0.4, -0.2) is 54.9 Å².